The van der Waals surface area contributed by atoms with E-state index in [1.807, 2.05) is 31.2 Å². The van der Waals surface area contributed by atoms with Crippen LogP contribution in [-0.2, 0) is 17.6 Å². The van der Waals surface area contributed by atoms with Crippen molar-refractivity contribution >= 4 is 5.78 Å². The van der Waals surface area contributed by atoms with Crippen molar-refractivity contribution < 1.29 is 9.18 Å². The zero-order chi connectivity index (χ0) is 13.7. The maximum atomic E-state index is 13.0. The molecule has 0 amide bonds. The summed E-state index contributed by atoms with van der Waals surface area (Å²) in [7, 11) is 0. The van der Waals surface area contributed by atoms with Gasteiger partial charge in [0, 0.05) is 12.8 Å². The van der Waals surface area contributed by atoms with Crippen molar-refractivity contribution in [2.45, 2.75) is 26.2 Å². The minimum absolute atomic E-state index is 0.147. The van der Waals surface area contributed by atoms with Crippen LogP contribution in [0.3, 0.4) is 0 Å². The molecule has 0 atom stereocenters. The lowest BCUT2D eigenvalue weighted by Crippen LogP contribution is -2.05. The molecule has 1 nitrogen and oxygen atoms in total. The molecular weight excluding hydrogens is 239 g/mol. The molecule has 0 unspecified atom stereocenters. The van der Waals surface area contributed by atoms with Crippen LogP contribution in [0.1, 0.15) is 23.1 Å². The van der Waals surface area contributed by atoms with E-state index in [1.165, 1.54) is 23.3 Å². The van der Waals surface area contributed by atoms with E-state index in [0.717, 1.165) is 12.0 Å². The van der Waals surface area contributed by atoms with Crippen molar-refractivity contribution in [3.8, 4) is 0 Å². The molecule has 19 heavy (non-hydrogen) atoms. The first-order valence-corrected chi connectivity index (χ1v) is 6.46. The topological polar surface area (TPSA) is 17.1 Å². The van der Waals surface area contributed by atoms with Crippen LogP contribution in [0.25, 0.3) is 0 Å². The van der Waals surface area contributed by atoms with E-state index < -0.39 is 0 Å². The van der Waals surface area contributed by atoms with Crippen molar-refractivity contribution in [3.05, 3.63) is 71.0 Å². The predicted octanol–water partition coefficient (Wildman–Crippen LogP) is 3.88. The summed E-state index contributed by atoms with van der Waals surface area (Å²) in [6.07, 6.45) is 1.56. The van der Waals surface area contributed by atoms with Crippen molar-refractivity contribution in [1.29, 1.82) is 0 Å². The number of hydrogen-bond donors (Lipinski definition) is 0. The molecule has 0 saturated heterocycles. The number of aryl methyl sites for hydroxylation is 2. The molecule has 0 aromatic heterocycles. The Morgan fingerprint density at radius 3 is 2.63 bits per heavy atom. The van der Waals surface area contributed by atoms with Gasteiger partial charge in [0.15, 0.2) is 0 Å². The minimum Gasteiger partial charge on any atom is -0.299 e. The molecule has 2 rings (SSSR count). The van der Waals surface area contributed by atoms with Crippen LogP contribution in [0.2, 0.25) is 0 Å². The molecule has 2 heteroatoms. The SMILES string of the molecule is Cc1ccccc1CCC(=O)Cc1cccc(F)c1. The first-order chi connectivity index (χ1) is 9.15. The standard InChI is InChI=1S/C17H17FO/c1-13-5-2-3-7-15(13)9-10-17(19)12-14-6-4-8-16(18)11-14/h2-8,11H,9-10,12H2,1H3. The van der Waals surface area contributed by atoms with E-state index in [9.17, 15) is 9.18 Å². The summed E-state index contributed by atoms with van der Waals surface area (Å²) in [6.45, 7) is 2.05. The lowest BCUT2D eigenvalue weighted by atomic mass is 10.00. The number of rotatable bonds is 5. The third-order valence-electron chi connectivity index (χ3n) is 3.22. The Kier molecular flexibility index (Phi) is 4.45. The second kappa shape index (κ2) is 6.28. The van der Waals surface area contributed by atoms with E-state index >= 15 is 0 Å². The van der Waals surface area contributed by atoms with Gasteiger partial charge in [0.2, 0.25) is 0 Å². The average Bonchev–Trinajstić information content (AvgIpc) is 2.38. The summed E-state index contributed by atoms with van der Waals surface area (Å²) >= 11 is 0. The normalized spacial score (nSPS) is 10.4. The molecule has 0 saturated carbocycles. The van der Waals surface area contributed by atoms with Gasteiger partial charge in [0.05, 0.1) is 0 Å². The van der Waals surface area contributed by atoms with Crippen molar-refractivity contribution in [1.82, 2.24) is 0 Å². The zero-order valence-electron chi connectivity index (χ0n) is 11.0. The minimum atomic E-state index is -0.288. The third-order valence-corrected chi connectivity index (χ3v) is 3.22. The number of carbonyl (C=O) groups is 1. The van der Waals surface area contributed by atoms with Crippen molar-refractivity contribution in [2.75, 3.05) is 0 Å². The highest BCUT2D eigenvalue weighted by Gasteiger charge is 2.06. The molecule has 0 bridgehead atoms. The Balaban J connectivity index is 1.90. The molecule has 2 aromatic rings. The van der Waals surface area contributed by atoms with Gasteiger partial charge >= 0.3 is 0 Å². The van der Waals surface area contributed by atoms with Crippen LogP contribution < -0.4 is 0 Å². The Morgan fingerprint density at radius 1 is 1.11 bits per heavy atom. The first kappa shape index (κ1) is 13.5. The Hall–Kier alpha value is -1.96. The van der Waals surface area contributed by atoms with Gasteiger partial charge in [0.1, 0.15) is 11.6 Å². The van der Waals surface area contributed by atoms with Gasteiger partial charge in [-0.2, -0.15) is 0 Å². The Labute approximate surface area is 113 Å². The van der Waals surface area contributed by atoms with Crippen LogP contribution in [0.4, 0.5) is 4.39 Å². The highest BCUT2D eigenvalue weighted by atomic mass is 19.1. The molecule has 0 radical (unpaired) electrons. The van der Waals surface area contributed by atoms with Crippen molar-refractivity contribution in [2.24, 2.45) is 0 Å². The first-order valence-electron chi connectivity index (χ1n) is 6.46. The number of benzene rings is 2. The molecule has 2 aromatic carbocycles. The smallest absolute Gasteiger partial charge is 0.137 e. The van der Waals surface area contributed by atoms with Gasteiger partial charge < -0.3 is 0 Å². The highest BCUT2D eigenvalue weighted by Crippen LogP contribution is 2.11. The summed E-state index contributed by atoms with van der Waals surface area (Å²) in [5, 5.41) is 0. The van der Waals surface area contributed by atoms with E-state index in [2.05, 4.69) is 0 Å². The highest BCUT2D eigenvalue weighted by molar-refractivity contribution is 5.81. The zero-order valence-corrected chi connectivity index (χ0v) is 11.0. The summed E-state index contributed by atoms with van der Waals surface area (Å²) in [5.41, 5.74) is 3.16. The number of carbonyl (C=O) groups excluding carboxylic acids is 1. The molecule has 0 aliphatic heterocycles. The van der Waals surface area contributed by atoms with Gasteiger partial charge in [-0.25, -0.2) is 4.39 Å². The van der Waals surface area contributed by atoms with Gasteiger partial charge in [-0.3, -0.25) is 4.79 Å². The van der Waals surface area contributed by atoms with Gasteiger partial charge in [-0.05, 0) is 42.2 Å². The second-order valence-electron chi connectivity index (χ2n) is 4.77. The third kappa shape index (κ3) is 4.02. The number of hydrogen-bond acceptors (Lipinski definition) is 1. The summed E-state index contributed by atoms with van der Waals surface area (Å²) in [4.78, 5) is 11.9. The van der Waals surface area contributed by atoms with Crippen LogP contribution in [0, 0.1) is 12.7 Å². The fourth-order valence-corrected chi connectivity index (χ4v) is 2.13. The van der Waals surface area contributed by atoms with Gasteiger partial charge in [0.25, 0.3) is 0 Å². The second-order valence-corrected chi connectivity index (χ2v) is 4.77. The Bertz CT molecular complexity index is 575. The summed E-state index contributed by atoms with van der Waals surface area (Å²) < 4.78 is 13.0. The molecule has 98 valence electrons. The van der Waals surface area contributed by atoms with E-state index in [-0.39, 0.29) is 11.6 Å². The van der Waals surface area contributed by atoms with Crippen molar-refractivity contribution in [3.63, 3.8) is 0 Å². The van der Waals surface area contributed by atoms with Gasteiger partial charge in [-0.15, -0.1) is 0 Å². The lowest BCUT2D eigenvalue weighted by molar-refractivity contribution is -0.118. The van der Waals surface area contributed by atoms with Crippen LogP contribution in [0.15, 0.2) is 48.5 Å². The molecule has 0 spiro atoms. The maximum Gasteiger partial charge on any atom is 0.137 e. The number of ketones is 1. The summed E-state index contributed by atoms with van der Waals surface area (Å²) in [5.74, 6) is -0.141. The van der Waals surface area contributed by atoms with E-state index in [4.69, 9.17) is 0 Å². The fraction of sp³-hybridized carbons (Fsp3) is 0.235. The van der Waals surface area contributed by atoms with Gasteiger partial charge in [-0.1, -0.05) is 36.4 Å². The monoisotopic (exact) mass is 256 g/mol. The number of Topliss-reactive ketones (excluding diaryl/α,β-unsaturated/α-hetero) is 1. The molecular formula is C17H17FO. The quantitative estimate of drug-likeness (QED) is 0.793. The largest absolute Gasteiger partial charge is 0.299 e. The van der Waals surface area contributed by atoms with Crippen LogP contribution in [0.5, 0.6) is 0 Å². The maximum absolute atomic E-state index is 13.0. The lowest BCUT2D eigenvalue weighted by Gasteiger charge is -2.05. The predicted molar refractivity (Wildman–Crippen MR) is 74.6 cm³/mol. The van der Waals surface area contributed by atoms with Crippen LogP contribution >= 0.6 is 0 Å². The Morgan fingerprint density at radius 2 is 1.89 bits per heavy atom. The average molecular weight is 256 g/mol. The van der Waals surface area contributed by atoms with Crippen LogP contribution in [-0.4, -0.2) is 5.78 Å². The fourth-order valence-electron chi connectivity index (χ4n) is 2.13. The molecule has 0 heterocycles. The van der Waals surface area contributed by atoms with E-state index in [0.29, 0.717) is 12.8 Å². The number of halogens is 1. The van der Waals surface area contributed by atoms with E-state index in [1.54, 1.807) is 12.1 Å². The molecule has 0 aliphatic rings. The molecule has 0 fully saturated rings. The molecule has 0 N–H and O–H groups in total. The summed E-state index contributed by atoms with van der Waals surface area (Å²) in [6, 6.07) is 14.3. The molecule has 0 aliphatic carbocycles.